The minimum absolute atomic E-state index is 0.00817. The van der Waals surface area contributed by atoms with E-state index < -0.39 is 6.10 Å². The smallest absolute Gasteiger partial charge is 0.244 e. The quantitative estimate of drug-likeness (QED) is 0.509. The van der Waals surface area contributed by atoms with Gasteiger partial charge in [-0.25, -0.2) is 0 Å². The van der Waals surface area contributed by atoms with Crippen LogP contribution in [0.15, 0.2) is 47.1 Å². The number of carbonyl (C=O) groups is 2. The highest BCUT2D eigenvalue weighted by Crippen LogP contribution is 2.35. The van der Waals surface area contributed by atoms with Crippen molar-refractivity contribution in [3.05, 3.63) is 48.4 Å². The van der Waals surface area contributed by atoms with Crippen molar-refractivity contribution < 1.29 is 33.3 Å². The lowest BCUT2D eigenvalue weighted by atomic mass is 10.3. The van der Waals surface area contributed by atoms with Crippen molar-refractivity contribution in [1.29, 1.82) is 0 Å². The third kappa shape index (κ3) is 6.58. The zero-order chi connectivity index (χ0) is 20.5. The van der Waals surface area contributed by atoms with Crippen molar-refractivity contribution >= 4 is 17.9 Å². The van der Waals surface area contributed by atoms with Crippen molar-refractivity contribution in [3.63, 3.8) is 0 Å². The molecule has 1 unspecified atom stereocenters. The number of aliphatic hydroxyl groups excluding tert-OH is 1. The zero-order valence-corrected chi connectivity index (χ0v) is 15.6. The molecule has 29 heavy (non-hydrogen) atoms. The summed E-state index contributed by atoms with van der Waals surface area (Å²) < 4.78 is 21.0. The van der Waals surface area contributed by atoms with Crippen LogP contribution in [-0.4, -0.2) is 49.5 Å². The highest BCUT2D eigenvalue weighted by Gasteiger charge is 2.14. The van der Waals surface area contributed by atoms with Gasteiger partial charge in [-0.2, -0.15) is 0 Å². The van der Waals surface area contributed by atoms with Crippen LogP contribution in [0, 0.1) is 0 Å². The standard InChI is InChI=1S/C20H22N2O7/c23-14(12-27-16-3-5-17-18(10-16)29-13-28-17)11-22-20(25)7-8-21-19(24)6-4-15-2-1-9-26-15/h1-6,9-10,14,23H,7-8,11-13H2,(H,21,24)(H,22,25)/b6-4+. The summed E-state index contributed by atoms with van der Waals surface area (Å²) in [5.41, 5.74) is 0. The first-order chi connectivity index (χ1) is 14.1. The van der Waals surface area contributed by atoms with Crippen LogP contribution < -0.4 is 24.8 Å². The molecular weight excluding hydrogens is 380 g/mol. The summed E-state index contributed by atoms with van der Waals surface area (Å²) in [4.78, 5) is 23.4. The summed E-state index contributed by atoms with van der Waals surface area (Å²) >= 11 is 0. The summed E-state index contributed by atoms with van der Waals surface area (Å²) in [6.45, 7) is 0.398. The largest absolute Gasteiger partial charge is 0.491 e. The molecule has 9 nitrogen and oxygen atoms in total. The summed E-state index contributed by atoms with van der Waals surface area (Å²) in [5, 5.41) is 15.1. The van der Waals surface area contributed by atoms with E-state index in [2.05, 4.69) is 10.6 Å². The van der Waals surface area contributed by atoms with Gasteiger partial charge in [-0.3, -0.25) is 9.59 Å². The fraction of sp³-hybridized carbons (Fsp3) is 0.300. The van der Waals surface area contributed by atoms with Gasteiger partial charge in [0.15, 0.2) is 11.5 Å². The van der Waals surface area contributed by atoms with Gasteiger partial charge < -0.3 is 34.4 Å². The Morgan fingerprint density at radius 2 is 2.07 bits per heavy atom. The Morgan fingerprint density at radius 3 is 2.90 bits per heavy atom. The van der Waals surface area contributed by atoms with Gasteiger partial charge in [0.25, 0.3) is 0 Å². The number of carbonyl (C=O) groups excluding carboxylic acids is 2. The average Bonchev–Trinajstić information content (AvgIpc) is 3.40. The lowest BCUT2D eigenvalue weighted by Crippen LogP contribution is -2.36. The predicted molar refractivity (Wildman–Crippen MR) is 102 cm³/mol. The van der Waals surface area contributed by atoms with E-state index in [1.54, 1.807) is 30.3 Å². The molecule has 1 aliphatic heterocycles. The Bertz CT molecular complexity index is 849. The van der Waals surface area contributed by atoms with Crippen molar-refractivity contribution in [2.75, 3.05) is 26.5 Å². The Labute approximate surface area is 167 Å². The van der Waals surface area contributed by atoms with Crippen LogP contribution in [0.25, 0.3) is 6.08 Å². The van der Waals surface area contributed by atoms with E-state index in [1.165, 1.54) is 18.4 Å². The second kappa shape index (κ2) is 10.2. The van der Waals surface area contributed by atoms with Gasteiger partial charge in [-0.1, -0.05) is 0 Å². The van der Waals surface area contributed by atoms with Gasteiger partial charge in [0, 0.05) is 31.7 Å². The van der Waals surface area contributed by atoms with Crippen LogP contribution in [0.1, 0.15) is 12.2 Å². The van der Waals surface area contributed by atoms with E-state index in [9.17, 15) is 14.7 Å². The van der Waals surface area contributed by atoms with Crippen molar-refractivity contribution in [1.82, 2.24) is 10.6 Å². The maximum atomic E-state index is 11.8. The van der Waals surface area contributed by atoms with Crippen LogP contribution in [0.5, 0.6) is 17.2 Å². The van der Waals surface area contributed by atoms with Gasteiger partial charge in [0.1, 0.15) is 24.2 Å². The Hall–Kier alpha value is -3.46. The van der Waals surface area contributed by atoms with Gasteiger partial charge in [0.05, 0.1) is 6.26 Å². The topological polar surface area (TPSA) is 119 Å². The fourth-order valence-electron chi connectivity index (χ4n) is 2.44. The van der Waals surface area contributed by atoms with E-state index in [4.69, 9.17) is 18.6 Å². The predicted octanol–water partition coefficient (Wildman–Crippen LogP) is 1.08. The minimum atomic E-state index is -0.879. The lowest BCUT2D eigenvalue weighted by molar-refractivity contribution is -0.121. The van der Waals surface area contributed by atoms with Crippen LogP contribution >= 0.6 is 0 Å². The van der Waals surface area contributed by atoms with E-state index in [1.807, 2.05) is 0 Å². The minimum Gasteiger partial charge on any atom is -0.491 e. The number of benzene rings is 1. The first kappa shape index (κ1) is 20.3. The Morgan fingerprint density at radius 1 is 1.21 bits per heavy atom. The summed E-state index contributed by atoms with van der Waals surface area (Å²) in [5.74, 6) is 1.72. The van der Waals surface area contributed by atoms with Crippen molar-refractivity contribution in [3.8, 4) is 17.2 Å². The molecule has 0 radical (unpaired) electrons. The highest BCUT2D eigenvalue weighted by atomic mass is 16.7. The van der Waals surface area contributed by atoms with Crippen LogP contribution in [0.3, 0.4) is 0 Å². The number of nitrogens with one attached hydrogen (secondary N) is 2. The van der Waals surface area contributed by atoms with Gasteiger partial charge in [-0.05, 0) is 30.3 Å². The van der Waals surface area contributed by atoms with Crippen LogP contribution in [-0.2, 0) is 9.59 Å². The molecule has 1 aliphatic rings. The third-order valence-corrected chi connectivity index (χ3v) is 3.91. The number of amides is 2. The van der Waals surface area contributed by atoms with E-state index >= 15 is 0 Å². The number of fused-ring (bicyclic) bond motifs is 1. The molecule has 0 saturated carbocycles. The van der Waals surface area contributed by atoms with Crippen LogP contribution in [0.4, 0.5) is 0 Å². The molecule has 2 amide bonds. The average molecular weight is 402 g/mol. The molecule has 3 rings (SSSR count). The molecule has 0 saturated heterocycles. The number of hydrogen-bond donors (Lipinski definition) is 3. The number of rotatable bonds is 10. The SMILES string of the molecule is O=C(/C=C/c1ccco1)NCCC(=O)NCC(O)COc1ccc2c(c1)OCO2. The number of furan rings is 1. The molecule has 9 heteroatoms. The normalized spacial score (nSPS) is 13.3. The lowest BCUT2D eigenvalue weighted by Gasteiger charge is -2.13. The second-order valence-corrected chi connectivity index (χ2v) is 6.17. The van der Waals surface area contributed by atoms with Gasteiger partial charge in [0.2, 0.25) is 18.6 Å². The molecule has 0 bridgehead atoms. The molecule has 0 spiro atoms. The first-order valence-corrected chi connectivity index (χ1v) is 9.07. The molecule has 0 aliphatic carbocycles. The summed E-state index contributed by atoms with van der Waals surface area (Å²) in [7, 11) is 0. The molecule has 2 heterocycles. The number of aliphatic hydroxyl groups is 1. The first-order valence-electron chi connectivity index (χ1n) is 9.07. The van der Waals surface area contributed by atoms with Gasteiger partial charge >= 0.3 is 0 Å². The zero-order valence-electron chi connectivity index (χ0n) is 15.6. The molecule has 0 fully saturated rings. The maximum absolute atomic E-state index is 11.8. The highest BCUT2D eigenvalue weighted by molar-refractivity contribution is 5.91. The molecule has 1 aromatic carbocycles. The summed E-state index contributed by atoms with van der Waals surface area (Å²) in [6, 6.07) is 8.55. The number of hydrogen-bond acceptors (Lipinski definition) is 7. The van der Waals surface area contributed by atoms with E-state index in [0.29, 0.717) is 23.0 Å². The van der Waals surface area contributed by atoms with E-state index in [0.717, 1.165) is 0 Å². The van der Waals surface area contributed by atoms with Crippen molar-refractivity contribution in [2.45, 2.75) is 12.5 Å². The molecule has 1 aromatic heterocycles. The molecule has 154 valence electrons. The molecule has 1 atom stereocenters. The molecule has 2 aromatic rings. The van der Waals surface area contributed by atoms with E-state index in [-0.39, 0.29) is 44.7 Å². The molecule has 3 N–H and O–H groups in total. The van der Waals surface area contributed by atoms with Crippen molar-refractivity contribution in [2.24, 2.45) is 0 Å². The van der Waals surface area contributed by atoms with Gasteiger partial charge in [-0.15, -0.1) is 0 Å². The second-order valence-electron chi connectivity index (χ2n) is 6.17. The Kier molecular flexibility index (Phi) is 7.12. The summed E-state index contributed by atoms with van der Waals surface area (Å²) in [6.07, 6.45) is 3.59. The Balaban J connectivity index is 1.27. The fourth-order valence-corrected chi connectivity index (χ4v) is 2.44. The van der Waals surface area contributed by atoms with Crippen LogP contribution in [0.2, 0.25) is 0 Å². The number of ether oxygens (including phenoxy) is 3. The monoisotopic (exact) mass is 402 g/mol. The third-order valence-electron chi connectivity index (χ3n) is 3.91. The molecular formula is C20H22N2O7. The maximum Gasteiger partial charge on any atom is 0.244 e.